The molecule has 0 aromatic rings. The van der Waals surface area contributed by atoms with Crippen LogP contribution < -0.4 is 0 Å². The summed E-state index contributed by atoms with van der Waals surface area (Å²) in [6.45, 7) is 5.86. The van der Waals surface area contributed by atoms with E-state index in [0.29, 0.717) is 11.3 Å². The fourth-order valence-electron chi connectivity index (χ4n) is 1.76. The number of cyclic esters (lactones) is 1. The number of rotatable bonds is 4. The van der Waals surface area contributed by atoms with E-state index in [4.69, 9.17) is 9.47 Å². The smallest absolute Gasteiger partial charge is 0.338 e. The molecule has 0 aliphatic carbocycles. The van der Waals surface area contributed by atoms with Gasteiger partial charge in [-0.1, -0.05) is 18.6 Å². The molecule has 0 bridgehead atoms. The predicted octanol–water partition coefficient (Wildman–Crippen LogP) is 2.58. The Morgan fingerprint density at radius 2 is 2.27 bits per heavy atom. The van der Waals surface area contributed by atoms with Crippen LogP contribution in [0.1, 0.15) is 33.6 Å². The lowest BCUT2D eigenvalue weighted by molar-refractivity contribution is -0.140. The van der Waals surface area contributed by atoms with E-state index in [1.165, 1.54) is 5.57 Å². The van der Waals surface area contributed by atoms with Crippen LogP contribution in [0.5, 0.6) is 0 Å². The molecule has 0 aromatic carbocycles. The Hall–Kier alpha value is -1.25. The molecule has 1 heterocycles. The Bertz CT molecular complexity index is 313. The topological polar surface area (TPSA) is 35.5 Å². The molecule has 15 heavy (non-hydrogen) atoms. The summed E-state index contributed by atoms with van der Waals surface area (Å²) in [5.41, 5.74) is 1.81. The molecule has 0 amide bonds. The molecule has 0 N–H and O–H groups in total. The van der Waals surface area contributed by atoms with E-state index in [1.807, 2.05) is 6.92 Å². The van der Waals surface area contributed by atoms with Gasteiger partial charge in [-0.2, -0.15) is 0 Å². The van der Waals surface area contributed by atoms with Crippen molar-refractivity contribution in [1.29, 1.82) is 0 Å². The van der Waals surface area contributed by atoms with Crippen LogP contribution in [0.25, 0.3) is 0 Å². The van der Waals surface area contributed by atoms with E-state index in [1.54, 1.807) is 14.0 Å². The molecular weight excluding hydrogens is 192 g/mol. The summed E-state index contributed by atoms with van der Waals surface area (Å²) >= 11 is 0. The Morgan fingerprint density at radius 3 is 2.80 bits per heavy atom. The summed E-state index contributed by atoms with van der Waals surface area (Å²) in [6.07, 6.45) is 3.62. The second-order valence-electron chi connectivity index (χ2n) is 3.75. The molecule has 0 spiro atoms. The van der Waals surface area contributed by atoms with Gasteiger partial charge in [-0.05, 0) is 20.3 Å². The Balaban J connectivity index is 2.73. The highest BCUT2D eigenvalue weighted by atomic mass is 16.6. The summed E-state index contributed by atoms with van der Waals surface area (Å²) < 4.78 is 10.4. The van der Waals surface area contributed by atoms with Crippen molar-refractivity contribution in [3.05, 3.63) is 23.0 Å². The number of hydrogen-bond acceptors (Lipinski definition) is 3. The molecule has 0 fully saturated rings. The lowest BCUT2D eigenvalue weighted by Crippen LogP contribution is -2.13. The normalized spacial score (nSPS) is 22.0. The third-order valence-corrected chi connectivity index (χ3v) is 2.50. The molecule has 3 heteroatoms. The molecular formula is C12H18O3. The SMILES string of the molecule is CC/C=C(\C)CC1OC(=O)C(C)=C1OC. The predicted molar refractivity (Wildman–Crippen MR) is 58.3 cm³/mol. The Morgan fingerprint density at radius 1 is 1.60 bits per heavy atom. The molecule has 84 valence electrons. The number of allylic oxidation sites excluding steroid dienone is 1. The van der Waals surface area contributed by atoms with E-state index in [-0.39, 0.29) is 12.1 Å². The molecule has 1 atom stereocenters. The zero-order chi connectivity index (χ0) is 11.4. The van der Waals surface area contributed by atoms with Crippen molar-refractivity contribution in [3.8, 4) is 0 Å². The van der Waals surface area contributed by atoms with Crippen molar-refractivity contribution < 1.29 is 14.3 Å². The largest absolute Gasteiger partial charge is 0.497 e. The van der Waals surface area contributed by atoms with Gasteiger partial charge in [0.15, 0.2) is 6.10 Å². The van der Waals surface area contributed by atoms with Crippen molar-refractivity contribution >= 4 is 5.97 Å². The maximum Gasteiger partial charge on any atom is 0.338 e. The first-order valence-corrected chi connectivity index (χ1v) is 5.21. The standard InChI is InChI=1S/C12H18O3/c1-5-6-8(2)7-10-11(14-4)9(3)12(13)15-10/h6,10H,5,7H2,1-4H3/b8-6+. The van der Waals surface area contributed by atoms with Gasteiger partial charge in [0.25, 0.3) is 0 Å². The third-order valence-electron chi connectivity index (χ3n) is 2.50. The van der Waals surface area contributed by atoms with Crippen LogP contribution in [0.4, 0.5) is 0 Å². The summed E-state index contributed by atoms with van der Waals surface area (Å²) in [4.78, 5) is 11.3. The first-order valence-electron chi connectivity index (χ1n) is 5.21. The average molecular weight is 210 g/mol. The molecule has 1 aliphatic rings. The number of esters is 1. The van der Waals surface area contributed by atoms with Gasteiger partial charge in [0.2, 0.25) is 0 Å². The quantitative estimate of drug-likeness (QED) is 0.528. The van der Waals surface area contributed by atoms with Crippen molar-refractivity contribution in [2.75, 3.05) is 7.11 Å². The fourth-order valence-corrected chi connectivity index (χ4v) is 1.76. The van der Waals surface area contributed by atoms with Gasteiger partial charge in [-0.3, -0.25) is 0 Å². The second kappa shape index (κ2) is 5.01. The van der Waals surface area contributed by atoms with Crippen LogP contribution in [0.3, 0.4) is 0 Å². The monoisotopic (exact) mass is 210 g/mol. The number of hydrogen-bond donors (Lipinski definition) is 0. The maximum absolute atomic E-state index is 11.3. The van der Waals surface area contributed by atoms with Crippen LogP contribution in [0, 0.1) is 0 Å². The fraction of sp³-hybridized carbons (Fsp3) is 0.583. The van der Waals surface area contributed by atoms with Crippen molar-refractivity contribution in [3.63, 3.8) is 0 Å². The van der Waals surface area contributed by atoms with Crippen LogP contribution in [0.2, 0.25) is 0 Å². The third kappa shape index (κ3) is 2.61. The molecule has 0 saturated heterocycles. The number of carbonyl (C=O) groups is 1. The van der Waals surface area contributed by atoms with E-state index in [9.17, 15) is 4.79 Å². The van der Waals surface area contributed by atoms with Crippen molar-refractivity contribution in [2.45, 2.75) is 39.7 Å². The van der Waals surface area contributed by atoms with E-state index < -0.39 is 0 Å². The maximum atomic E-state index is 11.3. The molecule has 3 nitrogen and oxygen atoms in total. The first-order chi connectivity index (χ1) is 7.10. The summed E-state index contributed by atoms with van der Waals surface area (Å²) in [5, 5.41) is 0. The second-order valence-corrected chi connectivity index (χ2v) is 3.75. The molecule has 1 unspecified atom stereocenters. The van der Waals surface area contributed by atoms with Gasteiger partial charge in [0.05, 0.1) is 12.7 Å². The van der Waals surface area contributed by atoms with Gasteiger partial charge in [0.1, 0.15) is 5.76 Å². The number of carbonyl (C=O) groups excluding carboxylic acids is 1. The highest BCUT2D eigenvalue weighted by molar-refractivity contribution is 5.91. The Kier molecular flexibility index (Phi) is 3.95. The molecule has 0 aromatic heterocycles. The zero-order valence-electron chi connectivity index (χ0n) is 9.79. The molecule has 1 rings (SSSR count). The van der Waals surface area contributed by atoms with Crippen molar-refractivity contribution in [1.82, 2.24) is 0 Å². The highest BCUT2D eigenvalue weighted by Crippen LogP contribution is 2.27. The van der Waals surface area contributed by atoms with Gasteiger partial charge in [-0.25, -0.2) is 4.79 Å². The van der Waals surface area contributed by atoms with Crippen LogP contribution in [-0.2, 0) is 14.3 Å². The average Bonchev–Trinajstić information content (AvgIpc) is 2.42. The minimum atomic E-state index is -0.263. The first kappa shape index (κ1) is 11.8. The lowest BCUT2D eigenvalue weighted by Gasteiger charge is -2.13. The van der Waals surface area contributed by atoms with E-state index >= 15 is 0 Å². The minimum Gasteiger partial charge on any atom is -0.497 e. The van der Waals surface area contributed by atoms with Gasteiger partial charge in [-0.15, -0.1) is 0 Å². The minimum absolute atomic E-state index is 0.231. The summed E-state index contributed by atoms with van der Waals surface area (Å²) in [7, 11) is 1.58. The summed E-state index contributed by atoms with van der Waals surface area (Å²) in [6, 6.07) is 0. The molecule has 0 radical (unpaired) electrons. The number of ether oxygens (including phenoxy) is 2. The Labute approximate surface area is 90.8 Å². The van der Waals surface area contributed by atoms with Crippen LogP contribution >= 0.6 is 0 Å². The van der Waals surface area contributed by atoms with Crippen LogP contribution in [-0.4, -0.2) is 19.2 Å². The molecule has 1 aliphatic heterocycles. The zero-order valence-corrected chi connectivity index (χ0v) is 9.79. The van der Waals surface area contributed by atoms with Crippen LogP contribution in [0.15, 0.2) is 23.0 Å². The lowest BCUT2D eigenvalue weighted by atomic mass is 10.1. The summed E-state index contributed by atoms with van der Waals surface area (Å²) in [5.74, 6) is 0.407. The van der Waals surface area contributed by atoms with E-state index in [2.05, 4.69) is 13.0 Å². The highest BCUT2D eigenvalue weighted by Gasteiger charge is 2.32. The van der Waals surface area contributed by atoms with Gasteiger partial charge >= 0.3 is 5.97 Å². The van der Waals surface area contributed by atoms with Crippen molar-refractivity contribution in [2.24, 2.45) is 0 Å². The van der Waals surface area contributed by atoms with Gasteiger partial charge < -0.3 is 9.47 Å². The van der Waals surface area contributed by atoms with Gasteiger partial charge in [0, 0.05) is 6.42 Å². The number of methoxy groups -OCH3 is 1. The molecule has 0 saturated carbocycles. The van der Waals surface area contributed by atoms with E-state index in [0.717, 1.165) is 12.8 Å².